The Labute approximate surface area is 136 Å². The normalized spacial score (nSPS) is 29.2. The highest BCUT2D eigenvalue weighted by molar-refractivity contribution is 4.92. The fourth-order valence-electron chi connectivity index (χ4n) is 4.03. The van der Waals surface area contributed by atoms with Crippen LogP contribution in [0.25, 0.3) is 0 Å². The van der Waals surface area contributed by atoms with Gasteiger partial charge >= 0.3 is 0 Å². The number of likely N-dealkylation sites (N-methyl/N-ethyl adjacent to an activating group) is 1. The lowest BCUT2D eigenvalue weighted by molar-refractivity contribution is -0.134. The summed E-state index contributed by atoms with van der Waals surface area (Å²) in [6, 6.07) is 0. The number of morpholine rings is 1. The van der Waals surface area contributed by atoms with Gasteiger partial charge in [-0.05, 0) is 46.4 Å². The van der Waals surface area contributed by atoms with E-state index in [4.69, 9.17) is 4.74 Å². The van der Waals surface area contributed by atoms with E-state index in [1.807, 2.05) is 0 Å². The monoisotopic (exact) mass is 310 g/mol. The third-order valence-corrected chi connectivity index (χ3v) is 5.77. The van der Waals surface area contributed by atoms with Crippen LogP contribution in [0.1, 0.15) is 19.3 Å². The molecule has 3 rings (SSSR count). The zero-order valence-corrected chi connectivity index (χ0v) is 14.6. The van der Waals surface area contributed by atoms with Gasteiger partial charge in [0.2, 0.25) is 0 Å². The fraction of sp³-hybridized carbons (Fsp3) is 1.00. The van der Waals surface area contributed by atoms with Crippen molar-refractivity contribution in [1.82, 2.24) is 19.6 Å². The molecule has 3 aliphatic rings. The molecule has 22 heavy (non-hydrogen) atoms. The summed E-state index contributed by atoms with van der Waals surface area (Å²) in [7, 11) is 4.45. The summed E-state index contributed by atoms with van der Waals surface area (Å²) in [5, 5.41) is 0. The van der Waals surface area contributed by atoms with Crippen LogP contribution >= 0.6 is 0 Å². The van der Waals surface area contributed by atoms with E-state index in [1.165, 1.54) is 71.6 Å². The van der Waals surface area contributed by atoms with Crippen molar-refractivity contribution in [3.05, 3.63) is 0 Å². The number of hydrogen-bond acceptors (Lipinski definition) is 5. The molecule has 0 aromatic heterocycles. The maximum absolute atomic E-state index is 6.21. The molecular formula is C17H34N4O. The molecule has 0 aromatic carbocycles. The molecular weight excluding hydrogens is 276 g/mol. The molecule has 0 unspecified atom stereocenters. The van der Waals surface area contributed by atoms with Gasteiger partial charge in [-0.2, -0.15) is 0 Å². The molecule has 3 aliphatic heterocycles. The van der Waals surface area contributed by atoms with E-state index in [2.05, 4.69) is 33.7 Å². The summed E-state index contributed by atoms with van der Waals surface area (Å²) in [6.07, 6.45) is 3.72. The second-order valence-corrected chi connectivity index (χ2v) is 7.61. The lowest BCUT2D eigenvalue weighted by Gasteiger charge is -2.47. The SMILES string of the molecule is CN1CCN(CCCN2CCOC3(CCN(C)CC3)C2)CC1. The lowest BCUT2D eigenvalue weighted by Crippen LogP contribution is -2.56. The summed E-state index contributed by atoms with van der Waals surface area (Å²) in [4.78, 5) is 10.2. The molecule has 0 saturated carbocycles. The van der Waals surface area contributed by atoms with Crippen molar-refractivity contribution in [2.24, 2.45) is 0 Å². The van der Waals surface area contributed by atoms with Crippen LogP contribution in [0.5, 0.6) is 0 Å². The standard InChI is InChI=1S/C17H34N4O/c1-18-8-4-17(5-9-18)16-21(14-15-22-17)7-3-6-20-12-10-19(2)11-13-20/h3-16H2,1-2H3. The number of piperazine rings is 1. The first-order valence-electron chi connectivity index (χ1n) is 9.11. The summed E-state index contributed by atoms with van der Waals surface area (Å²) in [6.45, 7) is 13.1. The highest BCUT2D eigenvalue weighted by Gasteiger charge is 2.38. The van der Waals surface area contributed by atoms with Gasteiger partial charge in [0.05, 0.1) is 12.2 Å². The first-order valence-corrected chi connectivity index (χ1v) is 9.11. The molecule has 0 aromatic rings. The van der Waals surface area contributed by atoms with E-state index < -0.39 is 0 Å². The van der Waals surface area contributed by atoms with Gasteiger partial charge in [-0.15, -0.1) is 0 Å². The van der Waals surface area contributed by atoms with E-state index >= 15 is 0 Å². The molecule has 5 heteroatoms. The first kappa shape index (κ1) is 16.7. The summed E-state index contributed by atoms with van der Waals surface area (Å²) >= 11 is 0. The molecule has 0 atom stereocenters. The van der Waals surface area contributed by atoms with Crippen LogP contribution in [0.3, 0.4) is 0 Å². The van der Waals surface area contributed by atoms with E-state index in [0.29, 0.717) is 0 Å². The number of piperidine rings is 1. The van der Waals surface area contributed by atoms with Crippen molar-refractivity contribution in [1.29, 1.82) is 0 Å². The Morgan fingerprint density at radius 1 is 0.773 bits per heavy atom. The highest BCUT2D eigenvalue weighted by atomic mass is 16.5. The number of rotatable bonds is 4. The molecule has 3 fully saturated rings. The van der Waals surface area contributed by atoms with Crippen molar-refractivity contribution in [2.45, 2.75) is 24.9 Å². The van der Waals surface area contributed by atoms with Crippen molar-refractivity contribution < 1.29 is 4.74 Å². The Bertz CT molecular complexity index is 336. The molecule has 3 saturated heterocycles. The van der Waals surface area contributed by atoms with Crippen molar-refractivity contribution >= 4 is 0 Å². The third-order valence-electron chi connectivity index (χ3n) is 5.77. The van der Waals surface area contributed by atoms with Gasteiger partial charge in [0.1, 0.15) is 0 Å². The van der Waals surface area contributed by atoms with Crippen LogP contribution in [-0.4, -0.2) is 111 Å². The number of likely N-dealkylation sites (tertiary alicyclic amines) is 1. The maximum atomic E-state index is 6.21. The highest BCUT2D eigenvalue weighted by Crippen LogP contribution is 2.29. The van der Waals surface area contributed by atoms with Gasteiger partial charge in [0.15, 0.2) is 0 Å². The molecule has 0 radical (unpaired) electrons. The van der Waals surface area contributed by atoms with Crippen molar-refractivity contribution in [3.63, 3.8) is 0 Å². The molecule has 1 spiro atoms. The average Bonchev–Trinajstić information content (AvgIpc) is 2.53. The molecule has 0 aliphatic carbocycles. The predicted octanol–water partition coefficient (Wildman–Crippen LogP) is 0.421. The van der Waals surface area contributed by atoms with Crippen molar-refractivity contribution in [3.8, 4) is 0 Å². The number of ether oxygens (including phenoxy) is 1. The number of nitrogens with zero attached hydrogens (tertiary/aromatic N) is 4. The molecule has 5 nitrogen and oxygen atoms in total. The van der Waals surface area contributed by atoms with Crippen LogP contribution in [0.15, 0.2) is 0 Å². The second kappa shape index (κ2) is 7.58. The number of hydrogen-bond donors (Lipinski definition) is 0. The summed E-state index contributed by atoms with van der Waals surface area (Å²) < 4.78 is 6.21. The molecule has 0 amide bonds. The van der Waals surface area contributed by atoms with E-state index in [1.54, 1.807) is 0 Å². The Morgan fingerprint density at radius 3 is 2.14 bits per heavy atom. The van der Waals surface area contributed by atoms with E-state index in [-0.39, 0.29) is 5.60 Å². The Morgan fingerprint density at radius 2 is 1.41 bits per heavy atom. The van der Waals surface area contributed by atoms with Gasteiger partial charge in [0, 0.05) is 52.4 Å². The first-order chi connectivity index (χ1) is 10.7. The van der Waals surface area contributed by atoms with Crippen LogP contribution in [0.2, 0.25) is 0 Å². The minimum Gasteiger partial charge on any atom is -0.372 e. The van der Waals surface area contributed by atoms with Crippen molar-refractivity contribution in [2.75, 3.05) is 86.1 Å². The van der Waals surface area contributed by atoms with Gasteiger partial charge in [-0.3, -0.25) is 4.90 Å². The van der Waals surface area contributed by atoms with Gasteiger partial charge in [0.25, 0.3) is 0 Å². The van der Waals surface area contributed by atoms with Crippen LogP contribution in [0.4, 0.5) is 0 Å². The fourth-order valence-corrected chi connectivity index (χ4v) is 4.03. The summed E-state index contributed by atoms with van der Waals surface area (Å²) in [5.41, 5.74) is 0.165. The maximum Gasteiger partial charge on any atom is 0.0833 e. The Hall–Kier alpha value is -0.200. The van der Waals surface area contributed by atoms with Crippen LogP contribution < -0.4 is 0 Å². The molecule has 3 heterocycles. The second-order valence-electron chi connectivity index (χ2n) is 7.61. The van der Waals surface area contributed by atoms with E-state index in [0.717, 1.165) is 19.7 Å². The largest absolute Gasteiger partial charge is 0.372 e. The van der Waals surface area contributed by atoms with E-state index in [9.17, 15) is 0 Å². The smallest absolute Gasteiger partial charge is 0.0833 e. The van der Waals surface area contributed by atoms with Crippen LogP contribution in [0, 0.1) is 0 Å². The predicted molar refractivity (Wildman–Crippen MR) is 90.4 cm³/mol. The topological polar surface area (TPSA) is 22.2 Å². The Kier molecular flexibility index (Phi) is 5.74. The zero-order chi connectivity index (χ0) is 15.4. The minimum atomic E-state index is 0.165. The lowest BCUT2D eigenvalue weighted by atomic mass is 9.89. The van der Waals surface area contributed by atoms with Crippen LogP contribution in [-0.2, 0) is 4.74 Å². The molecule has 0 bridgehead atoms. The zero-order valence-electron chi connectivity index (χ0n) is 14.6. The minimum absolute atomic E-state index is 0.165. The van der Waals surface area contributed by atoms with Gasteiger partial charge < -0.3 is 19.4 Å². The van der Waals surface area contributed by atoms with Gasteiger partial charge in [-0.25, -0.2) is 0 Å². The molecule has 128 valence electrons. The average molecular weight is 310 g/mol. The summed E-state index contributed by atoms with van der Waals surface area (Å²) in [5.74, 6) is 0. The quantitative estimate of drug-likeness (QED) is 0.748. The Balaban J connectivity index is 1.37. The third kappa shape index (κ3) is 4.42. The molecule has 0 N–H and O–H groups in total. The van der Waals surface area contributed by atoms with Gasteiger partial charge in [-0.1, -0.05) is 0 Å².